The van der Waals surface area contributed by atoms with Gasteiger partial charge in [-0.3, -0.25) is 0 Å². The minimum absolute atomic E-state index is 0.237. The van der Waals surface area contributed by atoms with E-state index in [2.05, 4.69) is 26.1 Å². The lowest BCUT2D eigenvalue weighted by molar-refractivity contribution is 0.122. The van der Waals surface area contributed by atoms with Gasteiger partial charge < -0.3 is 10.1 Å². The highest BCUT2D eigenvalue weighted by molar-refractivity contribution is 5.66. The maximum Gasteiger partial charge on any atom is 0.407 e. The van der Waals surface area contributed by atoms with Gasteiger partial charge in [-0.15, -0.1) is 0 Å². The summed E-state index contributed by atoms with van der Waals surface area (Å²) < 4.78 is 5.32. The molecule has 1 atom stereocenters. The number of unbranched alkanes of at least 4 members (excludes halogenated alkanes) is 9. The third kappa shape index (κ3) is 15.9. The van der Waals surface area contributed by atoms with Crippen molar-refractivity contribution in [1.29, 1.82) is 0 Å². The molecular formula is C20H41NO2. The lowest BCUT2D eigenvalue weighted by Gasteiger charge is -2.14. The van der Waals surface area contributed by atoms with Crippen LogP contribution in [0.5, 0.6) is 0 Å². The molecule has 3 heteroatoms. The van der Waals surface area contributed by atoms with Crippen molar-refractivity contribution < 1.29 is 9.53 Å². The predicted octanol–water partition coefficient (Wildman–Crippen LogP) is 6.46. The molecule has 0 aliphatic heterocycles. The zero-order valence-corrected chi connectivity index (χ0v) is 16.0. The molecule has 0 aromatic rings. The average Bonchev–Trinajstić information content (AvgIpc) is 2.56. The SMILES string of the molecule is CCCCCCCCCCCNC(=O)OCC(CC)CCCC. The fraction of sp³-hybridized carbons (Fsp3) is 0.950. The number of hydrogen-bond acceptors (Lipinski definition) is 2. The Morgan fingerprint density at radius 3 is 1.96 bits per heavy atom. The molecule has 0 saturated carbocycles. The van der Waals surface area contributed by atoms with E-state index in [0.29, 0.717) is 12.5 Å². The van der Waals surface area contributed by atoms with Crippen molar-refractivity contribution in [2.45, 2.75) is 104 Å². The van der Waals surface area contributed by atoms with Gasteiger partial charge in [-0.2, -0.15) is 0 Å². The van der Waals surface area contributed by atoms with E-state index in [0.717, 1.165) is 19.4 Å². The highest BCUT2D eigenvalue weighted by Crippen LogP contribution is 2.13. The number of carbonyl (C=O) groups excluding carboxylic acids is 1. The second-order valence-electron chi connectivity index (χ2n) is 6.77. The van der Waals surface area contributed by atoms with E-state index < -0.39 is 0 Å². The molecule has 0 spiro atoms. The monoisotopic (exact) mass is 327 g/mol. The Morgan fingerprint density at radius 1 is 0.826 bits per heavy atom. The number of nitrogens with one attached hydrogen (secondary N) is 1. The van der Waals surface area contributed by atoms with Gasteiger partial charge in [0.2, 0.25) is 0 Å². The minimum atomic E-state index is -0.237. The minimum Gasteiger partial charge on any atom is -0.449 e. The van der Waals surface area contributed by atoms with E-state index in [1.807, 2.05) is 0 Å². The lowest BCUT2D eigenvalue weighted by Crippen LogP contribution is -2.27. The van der Waals surface area contributed by atoms with Crippen LogP contribution >= 0.6 is 0 Å². The van der Waals surface area contributed by atoms with Crippen LogP contribution in [0.1, 0.15) is 104 Å². The van der Waals surface area contributed by atoms with E-state index in [1.54, 1.807) is 0 Å². The van der Waals surface area contributed by atoms with E-state index in [1.165, 1.54) is 70.6 Å². The van der Waals surface area contributed by atoms with Crippen molar-refractivity contribution in [3.8, 4) is 0 Å². The van der Waals surface area contributed by atoms with Crippen LogP contribution in [0.3, 0.4) is 0 Å². The number of rotatable bonds is 16. The van der Waals surface area contributed by atoms with Crippen LogP contribution < -0.4 is 5.32 Å². The zero-order chi connectivity index (χ0) is 17.2. The quantitative estimate of drug-likeness (QED) is 0.330. The summed E-state index contributed by atoms with van der Waals surface area (Å²) in [6.45, 7) is 7.95. The summed E-state index contributed by atoms with van der Waals surface area (Å²) in [7, 11) is 0. The van der Waals surface area contributed by atoms with Crippen LogP contribution in [0.2, 0.25) is 0 Å². The maximum absolute atomic E-state index is 11.6. The first-order valence-electron chi connectivity index (χ1n) is 10.1. The average molecular weight is 328 g/mol. The highest BCUT2D eigenvalue weighted by Gasteiger charge is 2.09. The third-order valence-corrected chi connectivity index (χ3v) is 4.54. The van der Waals surface area contributed by atoms with Crippen molar-refractivity contribution in [3.63, 3.8) is 0 Å². The van der Waals surface area contributed by atoms with Gasteiger partial charge in [0.25, 0.3) is 0 Å². The number of ether oxygens (including phenoxy) is 1. The molecule has 0 aromatic carbocycles. The van der Waals surface area contributed by atoms with E-state index in [4.69, 9.17) is 4.74 Å². The summed E-state index contributed by atoms with van der Waals surface area (Å²) in [6, 6.07) is 0. The summed E-state index contributed by atoms with van der Waals surface area (Å²) in [6.07, 6.45) is 16.2. The second kappa shape index (κ2) is 17.6. The molecule has 0 fully saturated rings. The third-order valence-electron chi connectivity index (χ3n) is 4.54. The van der Waals surface area contributed by atoms with Gasteiger partial charge in [-0.1, -0.05) is 91.4 Å². The number of carbonyl (C=O) groups is 1. The van der Waals surface area contributed by atoms with Gasteiger partial charge in [-0.25, -0.2) is 4.79 Å². The van der Waals surface area contributed by atoms with Crippen molar-refractivity contribution in [2.24, 2.45) is 5.92 Å². The van der Waals surface area contributed by atoms with Gasteiger partial charge in [-0.05, 0) is 18.8 Å². The predicted molar refractivity (Wildman–Crippen MR) is 99.9 cm³/mol. The van der Waals surface area contributed by atoms with E-state index >= 15 is 0 Å². The van der Waals surface area contributed by atoms with Crippen LogP contribution in [0.25, 0.3) is 0 Å². The van der Waals surface area contributed by atoms with Gasteiger partial charge in [0, 0.05) is 6.54 Å². The highest BCUT2D eigenvalue weighted by atomic mass is 16.5. The summed E-state index contributed by atoms with van der Waals surface area (Å²) in [4.78, 5) is 11.6. The van der Waals surface area contributed by atoms with Crippen molar-refractivity contribution in [3.05, 3.63) is 0 Å². The molecule has 0 radical (unpaired) electrons. The van der Waals surface area contributed by atoms with Gasteiger partial charge in [0.15, 0.2) is 0 Å². The summed E-state index contributed by atoms with van der Waals surface area (Å²) >= 11 is 0. The molecule has 1 amide bonds. The molecule has 3 nitrogen and oxygen atoms in total. The van der Waals surface area contributed by atoms with Gasteiger partial charge >= 0.3 is 6.09 Å². The van der Waals surface area contributed by atoms with Crippen LogP contribution in [-0.2, 0) is 4.74 Å². The van der Waals surface area contributed by atoms with Gasteiger partial charge in [0.1, 0.15) is 0 Å². The molecule has 1 N–H and O–H groups in total. The molecule has 0 aliphatic rings. The molecule has 0 aromatic heterocycles. The molecule has 0 saturated heterocycles. The molecule has 0 rings (SSSR count). The topological polar surface area (TPSA) is 38.3 Å². The Balaban J connectivity index is 3.36. The Bertz CT molecular complexity index is 256. The summed E-state index contributed by atoms with van der Waals surface area (Å²) in [5, 5.41) is 2.88. The normalized spacial score (nSPS) is 12.1. The zero-order valence-electron chi connectivity index (χ0n) is 16.0. The van der Waals surface area contributed by atoms with Crippen LogP contribution in [0.4, 0.5) is 4.79 Å². The van der Waals surface area contributed by atoms with Gasteiger partial charge in [0.05, 0.1) is 6.61 Å². The summed E-state index contributed by atoms with van der Waals surface area (Å²) in [5.41, 5.74) is 0. The Morgan fingerprint density at radius 2 is 1.39 bits per heavy atom. The molecule has 138 valence electrons. The molecule has 0 aliphatic carbocycles. The lowest BCUT2D eigenvalue weighted by atomic mass is 10.0. The van der Waals surface area contributed by atoms with Crippen molar-refractivity contribution in [1.82, 2.24) is 5.32 Å². The number of hydrogen-bond donors (Lipinski definition) is 1. The second-order valence-corrected chi connectivity index (χ2v) is 6.77. The van der Waals surface area contributed by atoms with E-state index in [9.17, 15) is 4.79 Å². The van der Waals surface area contributed by atoms with Crippen LogP contribution in [-0.4, -0.2) is 19.2 Å². The largest absolute Gasteiger partial charge is 0.449 e. The van der Waals surface area contributed by atoms with E-state index in [-0.39, 0.29) is 6.09 Å². The first-order valence-corrected chi connectivity index (χ1v) is 10.1. The van der Waals surface area contributed by atoms with Crippen molar-refractivity contribution >= 4 is 6.09 Å². The maximum atomic E-state index is 11.6. The Kier molecular flexibility index (Phi) is 17.1. The Hall–Kier alpha value is -0.730. The first kappa shape index (κ1) is 22.3. The van der Waals surface area contributed by atoms with Crippen LogP contribution in [0.15, 0.2) is 0 Å². The summed E-state index contributed by atoms with van der Waals surface area (Å²) in [5.74, 6) is 0.522. The standard InChI is InChI=1S/C20H41NO2/c1-4-7-9-10-11-12-13-14-15-17-21-20(22)23-18-19(6-3)16-8-5-2/h19H,4-18H2,1-3H3,(H,21,22). The molecule has 1 unspecified atom stereocenters. The fourth-order valence-electron chi connectivity index (χ4n) is 2.77. The molecule has 0 bridgehead atoms. The molecular weight excluding hydrogens is 286 g/mol. The van der Waals surface area contributed by atoms with Crippen LogP contribution in [0, 0.1) is 5.92 Å². The molecule has 0 heterocycles. The number of amides is 1. The molecule has 23 heavy (non-hydrogen) atoms. The fourth-order valence-corrected chi connectivity index (χ4v) is 2.77. The first-order chi connectivity index (χ1) is 11.2. The smallest absolute Gasteiger partial charge is 0.407 e. The Labute approximate surface area is 144 Å². The van der Waals surface area contributed by atoms with Crippen molar-refractivity contribution in [2.75, 3.05) is 13.2 Å². The number of alkyl carbamates (subject to hydrolysis) is 1.